The Morgan fingerprint density at radius 1 is 1.40 bits per heavy atom. The van der Waals surface area contributed by atoms with Gasteiger partial charge in [-0.1, -0.05) is 11.6 Å². The Balaban J connectivity index is 1.99. The zero-order valence-electron chi connectivity index (χ0n) is 7.89. The Kier molecular flexibility index (Phi) is 2.77. The maximum Gasteiger partial charge on any atom is 0.319 e. The fourth-order valence-electron chi connectivity index (χ4n) is 1.21. The Labute approximate surface area is 91.6 Å². The Morgan fingerprint density at radius 2 is 2.13 bits per heavy atom. The quantitative estimate of drug-likeness (QED) is 0.803. The highest BCUT2D eigenvalue weighted by atomic mass is 35.5. The molecule has 0 heterocycles. The third kappa shape index (κ3) is 3.09. The van der Waals surface area contributed by atoms with Crippen molar-refractivity contribution in [3.8, 4) is 0 Å². The average molecular weight is 229 g/mol. The molecule has 0 aromatic heterocycles. The SMILES string of the molecule is O=C(Nc1cc(F)cc(Cl)c1)NC1CC1. The van der Waals surface area contributed by atoms with Crippen molar-refractivity contribution >= 4 is 23.3 Å². The topological polar surface area (TPSA) is 41.1 Å². The molecule has 1 aromatic carbocycles. The molecular formula is C10H10ClFN2O. The van der Waals surface area contributed by atoms with Crippen molar-refractivity contribution in [2.75, 3.05) is 5.32 Å². The van der Waals surface area contributed by atoms with E-state index in [0.717, 1.165) is 12.8 Å². The largest absolute Gasteiger partial charge is 0.335 e. The summed E-state index contributed by atoms with van der Waals surface area (Å²) in [5, 5.41) is 5.51. The van der Waals surface area contributed by atoms with Gasteiger partial charge in [0.1, 0.15) is 5.82 Å². The van der Waals surface area contributed by atoms with Crippen LogP contribution in [0.1, 0.15) is 12.8 Å². The van der Waals surface area contributed by atoms with Crippen molar-refractivity contribution in [1.82, 2.24) is 5.32 Å². The van der Waals surface area contributed by atoms with Crippen LogP contribution in [0.3, 0.4) is 0 Å². The van der Waals surface area contributed by atoms with Crippen LogP contribution in [-0.2, 0) is 0 Å². The number of hydrogen-bond donors (Lipinski definition) is 2. The van der Waals surface area contributed by atoms with Crippen LogP contribution in [0, 0.1) is 5.82 Å². The Bertz CT molecular complexity index is 373. The Morgan fingerprint density at radius 3 is 2.73 bits per heavy atom. The number of carbonyl (C=O) groups is 1. The molecule has 2 rings (SSSR count). The van der Waals surface area contributed by atoms with E-state index >= 15 is 0 Å². The molecule has 0 bridgehead atoms. The molecule has 1 fully saturated rings. The van der Waals surface area contributed by atoms with Gasteiger partial charge in [0.2, 0.25) is 0 Å². The molecule has 0 atom stereocenters. The minimum Gasteiger partial charge on any atom is -0.335 e. The lowest BCUT2D eigenvalue weighted by Gasteiger charge is -2.06. The highest BCUT2D eigenvalue weighted by molar-refractivity contribution is 6.30. The molecule has 0 radical (unpaired) electrons. The summed E-state index contributed by atoms with van der Waals surface area (Å²) in [6.07, 6.45) is 2.02. The molecule has 3 nitrogen and oxygen atoms in total. The molecule has 15 heavy (non-hydrogen) atoms. The molecular weight excluding hydrogens is 219 g/mol. The van der Waals surface area contributed by atoms with Crippen molar-refractivity contribution in [2.45, 2.75) is 18.9 Å². The summed E-state index contributed by atoms with van der Waals surface area (Å²) >= 11 is 5.64. The zero-order chi connectivity index (χ0) is 10.8. The van der Waals surface area contributed by atoms with Gasteiger partial charge >= 0.3 is 6.03 Å². The van der Waals surface area contributed by atoms with Gasteiger partial charge in [0.25, 0.3) is 0 Å². The van der Waals surface area contributed by atoms with Crippen LogP contribution in [0.15, 0.2) is 18.2 Å². The summed E-state index contributed by atoms with van der Waals surface area (Å²) in [5.74, 6) is -0.468. The smallest absolute Gasteiger partial charge is 0.319 e. The summed E-state index contributed by atoms with van der Waals surface area (Å²) in [6, 6.07) is 3.86. The summed E-state index contributed by atoms with van der Waals surface area (Å²) in [5.41, 5.74) is 0.359. The monoisotopic (exact) mass is 228 g/mol. The summed E-state index contributed by atoms with van der Waals surface area (Å²) in [4.78, 5) is 11.3. The number of benzene rings is 1. The number of nitrogens with one attached hydrogen (secondary N) is 2. The highest BCUT2D eigenvalue weighted by Gasteiger charge is 2.23. The predicted octanol–water partition coefficient (Wildman–Crippen LogP) is 2.76. The molecule has 1 aliphatic rings. The first-order valence-corrected chi connectivity index (χ1v) is 5.05. The van der Waals surface area contributed by atoms with E-state index in [4.69, 9.17) is 11.6 Å². The molecule has 1 aliphatic carbocycles. The first-order chi connectivity index (χ1) is 7.13. The van der Waals surface area contributed by atoms with Gasteiger partial charge in [-0.05, 0) is 31.0 Å². The lowest BCUT2D eigenvalue weighted by Crippen LogP contribution is -2.30. The molecule has 0 saturated heterocycles. The maximum atomic E-state index is 12.9. The van der Waals surface area contributed by atoms with Crippen molar-refractivity contribution in [3.63, 3.8) is 0 Å². The molecule has 1 saturated carbocycles. The fraction of sp³-hybridized carbons (Fsp3) is 0.300. The number of amides is 2. The van der Waals surface area contributed by atoms with Crippen molar-refractivity contribution < 1.29 is 9.18 Å². The van der Waals surface area contributed by atoms with Crippen LogP contribution in [0.25, 0.3) is 0 Å². The van der Waals surface area contributed by atoms with Crippen LogP contribution in [0.2, 0.25) is 5.02 Å². The van der Waals surface area contributed by atoms with E-state index in [9.17, 15) is 9.18 Å². The average Bonchev–Trinajstić information content (AvgIpc) is 2.85. The van der Waals surface area contributed by atoms with Gasteiger partial charge in [0, 0.05) is 16.8 Å². The first-order valence-electron chi connectivity index (χ1n) is 4.67. The van der Waals surface area contributed by atoms with Gasteiger partial charge in [-0.3, -0.25) is 0 Å². The van der Waals surface area contributed by atoms with Crippen LogP contribution in [-0.4, -0.2) is 12.1 Å². The van der Waals surface area contributed by atoms with Crippen molar-refractivity contribution in [1.29, 1.82) is 0 Å². The van der Waals surface area contributed by atoms with Gasteiger partial charge in [-0.25, -0.2) is 9.18 Å². The van der Waals surface area contributed by atoms with E-state index in [0.29, 0.717) is 5.69 Å². The minimum absolute atomic E-state index is 0.261. The Hall–Kier alpha value is -1.29. The second-order valence-corrected chi connectivity index (χ2v) is 3.97. The van der Waals surface area contributed by atoms with Gasteiger partial charge < -0.3 is 10.6 Å². The molecule has 0 spiro atoms. The lowest BCUT2D eigenvalue weighted by atomic mass is 10.3. The normalized spacial score (nSPS) is 14.8. The second-order valence-electron chi connectivity index (χ2n) is 3.53. The summed E-state index contributed by atoms with van der Waals surface area (Å²) in [7, 11) is 0. The van der Waals surface area contributed by atoms with Crippen LogP contribution in [0.5, 0.6) is 0 Å². The second kappa shape index (κ2) is 4.06. The molecule has 2 N–H and O–H groups in total. The summed E-state index contributed by atoms with van der Waals surface area (Å²) in [6.45, 7) is 0. The maximum absolute atomic E-state index is 12.9. The van der Waals surface area contributed by atoms with Crippen LogP contribution >= 0.6 is 11.6 Å². The third-order valence-electron chi connectivity index (χ3n) is 2.03. The number of hydrogen-bond acceptors (Lipinski definition) is 1. The van der Waals surface area contributed by atoms with E-state index in [1.54, 1.807) is 0 Å². The first kappa shape index (κ1) is 10.2. The van der Waals surface area contributed by atoms with Crippen LogP contribution < -0.4 is 10.6 Å². The molecule has 0 aliphatic heterocycles. The third-order valence-corrected chi connectivity index (χ3v) is 2.25. The van der Waals surface area contributed by atoms with Gasteiger partial charge in [0.05, 0.1) is 0 Å². The lowest BCUT2D eigenvalue weighted by molar-refractivity contribution is 0.251. The van der Waals surface area contributed by atoms with Gasteiger partial charge in [-0.15, -0.1) is 0 Å². The molecule has 1 aromatic rings. The zero-order valence-corrected chi connectivity index (χ0v) is 8.64. The molecule has 80 valence electrons. The van der Waals surface area contributed by atoms with E-state index in [1.165, 1.54) is 18.2 Å². The molecule has 2 amide bonds. The van der Waals surface area contributed by atoms with Crippen molar-refractivity contribution in [2.24, 2.45) is 0 Å². The van der Waals surface area contributed by atoms with E-state index in [-0.39, 0.29) is 17.1 Å². The number of urea groups is 1. The minimum atomic E-state index is -0.468. The number of rotatable bonds is 2. The van der Waals surface area contributed by atoms with Gasteiger partial charge in [-0.2, -0.15) is 0 Å². The van der Waals surface area contributed by atoms with E-state index in [1.807, 2.05) is 0 Å². The van der Waals surface area contributed by atoms with Crippen molar-refractivity contribution in [3.05, 3.63) is 29.0 Å². The summed E-state index contributed by atoms with van der Waals surface area (Å²) < 4.78 is 12.9. The number of anilines is 1. The standard InChI is InChI=1S/C10H10ClFN2O/c11-6-3-7(12)5-9(4-6)14-10(15)13-8-1-2-8/h3-5,8H,1-2H2,(H2,13,14,15). The van der Waals surface area contributed by atoms with E-state index < -0.39 is 5.82 Å². The van der Waals surface area contributed by atoms with Crippen LogP contribution in [0.4, 0.5) is 14.9 Å². The fourth-order valence-corrected chi connectivity index (χ4v) is 1.43. The number of carbonyl (C=O) groups excluding carboxylic acids is 1. The van der Waals surface area contributed by atoms with E-state index in [2.05, 4.69) is 10.6 Å². The molecule has 5 heteroatoms. The number of halogens is 2. The highest BCUT2D eigenvalue weighted by Crippen LogP contribution is 2.20. The molecule has 0 unspecified atom stereocenters. The van der Waals surface area contributed by atoms with Gasteiger partial charge in [0.15, 0.2) is 0 Å². The predicted molar refractivity (Wildman–Crippen MR) is 56.6 cm³/mol.